The molecule has 0 bridgehead atoms. The van der Waals surface area contributed by atoms with Crippen molar-refractivity contribution in [3.63, 3.8) is 0 Å². The first kappa shape index (κ1) is 13.7. The summed E-state index contributed by atoms with van der Waals surface area (Å²) < 4.78 is 13.4. The second-order valence-corrected chi connectivity index (χ2v) is 4.22. The molecule has 1 rings (SSSR count). The molecule has 0 N–H and O–H groups in total. The van der Waals surface area contributed by atoms with E-state index >= 15 is 0 Å². The lowest BCUT2D eigenvalue weighted by Gasteiger charge is -2.17. The molecule has 0 aliphatic carbocycles. The number of benzene rings is 1. The fourth-order valence-electron chi connectivity index (χ4n) is 1.44. The number of hydrogen-bond acceptors (Lipinski definition) is 1. The van der Waals surface area contributed by atoms with Gasteiger partial charge in [-0.3, -0.25) is 4.79 Å². The fraction of sp³-hybridized carbons (Fsp3) is 0.308. The Bertz CT molecular complexity index is 420. The van der Waals surface area contributed by atoms with Crippen LogP contribution in [0.5, 0.6) is 0 Å². The van der Waals surface area contributed by atoms with Crippen LogP contribution in [0.4, 0.5) is 4.39 Å². The normalized spacial score (nSPS) is 10.1. The molecule has 0 spiro atoms. The third kappa shape index (κ3) is 3.86. The van der Waals surface area contributed by atoms with Crippen molar-refractivity contribution in [1.82, 2.24) is 4.90 Å². The summed E-state index contributed by atoms with van der Waals surface area (Å²) in [5.74, 6) is -0.899. The zero-order valence-corrected chi connectivity index (χ0v) is 10.5. The van der Waals surface area contributed by atoms with E-state index in [2.05, 4.69) is 6.58 Å². The van der Waals surface area contributed by atoms with Gasteiger partial charge in [0.25, 0.3) is 5.91 Å². The third-order valence-corrected chi connectivity index (χ3v) is 2.64. The van der Waals surface area contributed by atoms with E-state index in [9.17, 15) is 9.18 Å². The number of unbranched alkanes of at least 4 members (excludes halogenated alkanes) is 1. The molecule has 4 heteroatoms. The highest BCUT2D eigenvalue weighted by Crippen LogP contribution is 2.16. The topological polar surface area (TPSA) is 20.3 Å². The van der Waals surface area contributed by atoms with Crippen molar-refractivity contribution >= 4 is 17.5 Å². The zero-order chi connectivity index (χ0) is 12.8. The van der Waals surface area contributed by atoms with E-state index in [4.69, 9.17) is 11.6 Å². The van der Waals surface area contributed by atoms with Crippen LogP contribution in [0.3, 0.4) is 0 Å². The third-order valence-electron chi connectivity index (χ3n) is 2.41. The lowest BCUT2D eigenvalue weighted by molar-refractivity contribution is 0.0789. The van der Waals surface area contributed by atoms with Gasteiger partial charge in [-0.15, -0.1) is 6.58 Å². The van der Waals surface area contributed by atoms with E-state index in [1.54, 1.807) is 13.1 Å². The predicted molar refractivity (Wildman–Crippen MR) is 67.8 cm³/mol. The van der Waals surface area contributed by atoms with Crippen LogP contribution in [0.1, 0.15) is 23.2 Å². The van der Waals surface area contributed by atoms with E-state index in [0.29, 0.717) is 11.6 Å². The summed E-state index contributed by atoms with van der Waals surface area (Å²) in [7, 11) is 1.64. The first-order chi connectivity index (χ1) is 8.06. The van der Waals surface area contributed by atoms with E-state index in [0.717, 1.165) is 12.8 Å². The second kappa shape index (κ2) is 6.40. The van der Waals surface area contributed by atoms with Gasteiger partial charge in [0, 0.05) is 18.6 Å². The number of carbonyl (C=O) groups excluding carboxylic acids is 1. The summed E-state index contributed by atoms with van der Waals surface area (Å²) in [5, 5.41) is 0.356. The molecule has 0 saturated heterocycles. The van der Waals surface area contributed by atoms with E-state index in [1.165, 1.54) is 23.1 Å². The molecular formula is C13H15ClFNO. The molecule has 17 heavy (non-hydrogen) atoms. The van der Waals surface area contributed by atoms with Crippen LogP contribution in [0.15, 0.2) is 30.9 Å². The van der Waals surface area contributed by atoms with Crippen LogP contribution in [0, 0.1) is 5.82 Å². The van der Waals surface area contributed by atoms with Crippen LogP contribution < -0.4 is 0 Å². The van der Waals surface area contributed by atoms with Crippen molar-refractivity contribution < 1.29 is 9.18 Å². The summed E-state index contributed by atoms with van der Waals surface area (Å²) >= 11 is 5.74. The van der Waals surface area contributed by atoms with Gasteiger partial charge in [-0.25, -0.2) is 4.39 Å². The first-order valence-electron chi connectivity index (χ1n) is 5.37. The summed E-state index contributed by atoms with van der Waals surface area (Å²) in [6.07, 6.45) is 3.43. The maximum absolute atomic E-state index is 13.4. The Morgan fingerprint density at radius 2 is 2.29 bits per heavy atom. The van der Waals surface area contributed by atoms with Crippen molar-refractivity contribution in [1.29, 1.82) is 0 Å². The van der Waals surface area contributed by atoms with Crippen LogP contribution in [-0.4, -0.2) is 24.4 Å². The highest BCUT2D eigenvalue weighted by atomic mass is 35.5. The van der Waals surface area contributed by atoms with Crippen molar-refractivity contribution in [2.45, 2.75) is 12.8 Å². The standard InChI is InChI=1S/C13H15ClFNO/c1-3-4-5-8-16(2)13(17)11-9-10(14)6-7-12(11)15/h3,6-7,9H,1,4-5,8H2,2H3. The van der Waals surface area contributed by atoms with Gasteiger partial charge >= 0.3 is 0 Å². The molecule has 0 fully saturated rings. The van der Waals surface area contributed by atoms with E-state index < -0.39 is 5.82 Å². The molecule has 0 aliphatic rings. The van der Waals surface area contributed by atoms with Crippen molar-refractivity contribution in [2.24, 2.45) is 0 Å². The molecular weight excluding hydrogens is 241 g/mol. The zero-order valence-electron chi connectivity index (χ0n) is 9.75. The lowest BCUT2D eigenvalue weighted by atomic mass is 10.2. The monoisotopic (exact) mass is 255 g/mol. The molecule has 0 radical (unpaired) electrons. The first-order valence-corrected chi connectivity index (χ1v) is 5.75. The highest BCUT2D eigenvalue weighted by Gasteiger charge is 2.15. The minimum Gasteiger partial charge on any atom is -0.342 e. The summed E-state index contributed by atoms with van der Waals surface area (Å²) in [6, 6.07) is 3.97. The molecule has 1 amide bonds. The number of rotatable bonds is 5. The van der Waals surface area contributed by atoms with Gasteiger partial charge in [0.2, 0.25) is 0 Å². The predicted octanol–water partition coefficient (Wildman–Crippen LogP) is 3.52. The van der Waals surface area contributed by atoms with Gasteiger partial charge in [0.05, 0.1) is 5.56 Å². The van der Waals surface area contributed by atoms with Crippen LogP contribution in [-0.2, 0) is 0 Å². The number of carbonyl (C=O) groups is 1. The number of amides is 1. The van der Waals surface area contributed by atoms with Crippen LogP contribution in [0.25, 0.3) is 0 Å². The Labute approximate surface area is 106 Å². The Kier molecular flexibility index (Phi) is 5.16. The molecule has 0 unspecified atom stereocenters. The van der Waals surface area contributed by atoms with Crippen molar-refractivity contribution in [2.75, 3.05) is 13.6 Å². The van der Waals surface area contributed by atoms with E-state index in [1.807, 2.05) is 0 Å². The smallest absolute Gasteiger partial charge is 0.256 e. The number of hydrogen-bond donors (Lipinski definition) is 0. The molecule has 92 valence electrons. The number of nitrogens with zero attached hydrogens (tertiary/aromatic N) is 1. The maximum Gasteiger partial charge on any atom is 0.256 e. The molecule has 0 atom stereocenters. The summed E-state index contributed by atoms with van der Waals surface area (Å²) in [6.45, 7) is 4.17. The molecule has 1 aromatic rings. The van der Waals surface area contributed by atoms with Crippen LogP contribution in [0.2, 0.25) is 5.02 Å². The minimum absolute atomic E-state index is 0.0126. The number of halogens is 2. The quantitative estimate of drug-likeness (QED) is 0.582. The Morgan fingerprint density at radius 3 is 2.94 bits per heavy atom. The van der Waals surface area contributed by atoms with E-state index in [-0.39, 0.29) is 11.5 Å². The van der Waals surface area contributed by atoms with Gasteiger partial charge in [-0.2, -0.15) is 0 Å². The molecule has 0 aliphatic heterocycles. The molecule has 0 aromatic heterocycles. The molecule has 0 saturated carbocycles. The van der Waals surface area contributed by atoms with Gasteiger partial charge < -0.3 is 4.90 Å². The number of allylic oxidation sites excluding steroid dienone is 1. The van der Waals surface area contributed by atoms with Gasteiger partial charge in [-0.05, 0) is 31.0 Å². The summed E-state index contributed by atoms with van der Waals surface area (Å²) in [5.41, 5.74) is 0.0126. The van der Waals surface area contributed by atoms with Gasteiger partial charge in [-0.1, -0.05) is 17.7 Å². The molecule has 0 heterocycles. The van der Waals surface area contributed by atoms with Gasteiger partial charge in [0.1, 0.15) is 5.82 Å². The maximum atomic E-state index is 13.4. The second-order valence-electron chi connectivity index (χ2n) is 3.78. The largest absolute Gasteiger partial charge is 0.342 e. The average Bonchev–Trinajstić information content (AvgIpc) is 2.31. The average molecular weight is 256 g/mol. The summed E-state index contributed by atoms with van der Waals surface area (Å²) in [4.78, 5) is 13.4. The SMILES string of the molecule is C=CCCCN(C)C(=O)c1cc(Cl)ccc1F. The minimum atomic E-state index is -0.546. The van der Waals surface area contributed by atoms with Gasteiger partial charge in [0.15, 0.2) is 0 Å². The highest BCUT2D eigenvalue weighted by molar-refractivity contribution is 6.30. The molecule has 1 aromatic carbocycles. The Morgan fingerprint density at radius 1 is 1.59 bits per heavy atom. The fourth-order valence-corrected chi connectivity index (χ4v) is 1.61. The van der Waals surface area contributed by atoms with Crippen LogP contribution >= 0.6 is 11.6 Å². The van der Waals surface area contributed by atoms with Crippen molar-refractivity contribution in [3.05, 3.63) is 47.3 Å². The Hall–Kier alpha value is -1.35. The van der Waals surface area contributed by atoms with Crippen molar-refractivity contribution in [3.8, 4) is 0 Å². The lowest BCUT2D eigenvalue weighted by Crippen LogP contribution is -2.28. The Balaban J connectivity index is 2.74. The molecule has 2 nitrogen and oxygen atoms in total.